The first kappa shape index (κ1) is 19.4. The summed E-state index contributed by atoms with van der Waals surface area (Å²) in [5.74, 6) is 2.11. The first-order valence-corrected chi connectivity index (χ1v) is 11.2. The molecule has 0 saturated heterocycles. The van der Waals surface area contributed by atoms with Crippen molar-refractivity contribution in [1.29, 1.82) is 0 Å². The van der Waals surface area contributed by atoms with Crippen LogP contribution in [0.3, 0.4) is 0 Å². The molecule has 0 N–H and O–H groups in total. The smallest absolute Gasteiger partial charge is 0.212 e. The van der Waals surface area contributed by atoms with Crippen LogP contribution in [0.25, 0.3) is 11.0 Å². The van der Waals surface area contributed by atoms with Crippen molar-refractivity contribution in [2.24, 2.45) is 5.92 Å². The Kier molecular flexibility index (Phi) is 7.98. The molecule has 1 atom stereocenters. The molecule has 142 valence electrons. The number of fused-ring (bicyclic) bond motifs is 2. The van der Waals surface area contributed by atoms with Crippen molar-refractivity contribution in [2.45, 2.75) is 96.8 Å². The summed E-state index contributed by atoms with van der Waals surface area (Å²) < 4.78 is 6.14. The highest BCUT2D eigenvalue weighted by Crippen LogP contribution is 2.32. The Labute approximate surface area is 160 Å². The van der Waals surface area contributed by atoms with Crippen molar-refractivity contribution in [3.8, 4) is 0 Å². The summed E-state index contributed by atoms with van der Waals surface area (Å²) in [6, 6.07) is 10.8. The number of unbranched alkanes of at least 4 members (excludes halogenated alkanes) is 9. The molecule has 0 saturated carbocycles. The Morgan fingerprint density at radius 3 is 2.35 bits per heavy atom. The third-order valence-electron chi connectivity index (χ3n) is 6.09. The van der Waals surface area contributed by atoms with Crippen molar-refractivity contribution in [1.82, 2.24) is 0 Å². The third kappa shape index (κ3) is 5.83. The van der Waals surface area contributed by atoms with Gasteiger partial charge in [0.25, 0.3) is 0 Å². The molecule has 0 amide bonds. The quantitative estimate of drug-likeness (QED) is 0.293. The summed E-state index contributed by atoms with van der Waals surface area (Å²) in [4.78, 5) is 0. The minimum atomic E-state index is 0.868. The van der Waals surface area contributed by atoms with Crippen LogP contribution in [-0.2, 0) is 12.8 Å². The maximum Gasteiger partial charge on any atom is 0.360 e. The number of hydrogen-bond acceptors (Lipinski definition) is 0. The average molecular weight is 354 g/mol. The van der Waals surface area contributed by atoms with E-state index in [9.17, 15) is 0 Å². The summed E-state index contributed by atoms with van der Waals surface area (Å²) in [7, 11) is 0. The molecular formula is C25H37O+. The minimum absolute atomic E-state index is 0.868. The van der Waals surface area contributed by atoms with Gasteiger partial charge >= 0.3 is 11.3 Å². The number of para-hydroxylation sites is 1. The van der Waals surface area contributed by atoms with E-state index in [1.165, 1.54) is 100 Å². The SMILES string of the molecule is CCCCCCCCCCCCC1CCc2[o+]c3ccccc3cc2C1. The molecule has 1 aliphatic carbocycles. The van der Waals surface area contributed by atoms with Gasteiger partial charge in [0.1, 0.15) is 0 Å². The van der Waals surface area contributed by atoms with Gasteiger partial charge in [0.15, 0.2) is 0 Å². The van der Waals surface area contributed by atoms with E-state index in [4.69, 9.17) is 4.42 Å². The maximum atomic E-state index is 6.14. The van der Waals surface area contributed by atoms with Crippen LogP contribution in [0, 0.1) is 5.92 Å². The molecule has 2 aromatic rings. The fourth-order valence-electron chi connectivity index (χ4n) is 4.46. The molecule has 1 aliphatic rings. The van der Waals surface area contributed by atoms with E-state index >= 15 is 0 Å². The lowest BCUT2D eigenvalue weighted by Crippen LogP contribution is -2.14. The molecule has 0 aliphatic heterocycles. The lowest BCUT2D eigenvalue weighted by atomic mass is 9.83. The molecule has 1 heteroatoms. The highest BCUT2D eigenvalue weighted by Gasteiger charge is 2.27. The predicted octanol–water partition coefficient (Wildman–Crippen LogP) is 8.13. The lowest BCUT2D eigenvalue weighted by molar-refractivity contribution is 0.370. The highest BCUT2D eigenvalue weighted by atomic mass is 16.3. The van der Waals surface area contributed by atoms with Gasteiger partial charge in [0.05, 0.1) is 17.4 Å². The second-order valence-electron chi connectivity index (χ2n) is 8.31. The second kappa shape index (κ2) is 10.7. The fraction of sp³-hybridized carbons (Fsp3) is 0.640. The molecule has 0 spiro atoms. The molecule has 1 heterocycles. The van der Waals surface area contributed by atoms with E-state index in [0.717, 1.165) is 17.9 Å². The Morgan fingerprint density at radius 2 is 1.58 bits per heavy atom. The molecule has 1 aromatic heterocycles. The minimum Gasteiger partial charge on any atom is -0.212 e. The number of benzene rings is 1. The normalized spacial score (nSPS) is 16.7. The van der Waals surface area contributed by atoms with Crippen LogP contribution in [0.5, 0.6) is 0 Å². The van der Waals surface area contributed by atoms with Crippen LogP contribution in [0.4, 0.5) is 0 Å². The van der Waals surface area contributed by atoms with Crippen molar-refractivity contribution in [3.63, 3.8) is 0 Å². The zero-order valence-electron chi connectivity index (χ0n) is 16.8. The third-order valence-corrected chi connectivity index (χ3v) is 6.09. The molecule has 0 bridgehead atoms. The van der Waals surface area contributed by atoms with Crippen LogP contribution in [0.15, 0.2) is 34.7 Å². The molecular weight excluding hydrogens is 316 g/mol. The first-order chi connectivity index (χ1) is 12.9. The van der Waals surface area contributed by atoms with Gasteiger partial charge in [0, 0.05) is 6.07 Å². The summed E-state index contributed by atoms with van der Waals surface area (Å²) in [5, 5.41) is 1.26. The molecule has 0 radical (unpaired) electrons. The number of rotatable bonds is 11. The summed E-state index contributed by atoms with van der Waals surface area (Å²) in [5.41, 5.74) is 2.51. The van der Waals surface area contributed by atoms with Gasteiger partial charge in [-0.15, -0.1) is 0 Å². The number of hydrogen-bond donors (Lipinski definition) is 0. The van der Waals surface area contributed by atoms with E-state index in [1.54, 1.807) is 0 Å². The molecule has 26 heavy (non-hydrogen) atoms. The zero-order valence-corrected chi connectivity index (χ0v) is 16.8. The Balaban J connectivity index is 1.32. The zero-order chi connectivity index (χ0) is 18.0. The Hall–Kier alpha value is -1.37. The Morgan fingerprint density at radius 1 is 0.885 bits per heavy atom. The van der Waals surface area contributed by atoms with Crippen LogP contribution in [0.1, 0.15) is 95.3 Å². The van der Waals surface area contributed by atoms with Gasteiger partial charge < -0.3 is 0 Å². The molecule has 3 rings (SSSR count). The van der Waals surface area contributed by atoms with E-state index < -0.39 is 0 Å². The van der Waals surface area contributed by atoms with Crippen LogP contribution in [0.2, 0.25) is 0 Å². The van der Waals surface area contributed by atoms with E-state index in [1.807, 2.05) is 0 Å². The van der Waals surface area contributed by atoms with Crippen LogP contribution in [-0.4, -0.2) is 0 Å². The van der Waals surface area contributed by atoms with Gasteiger partial charge in [-0.2, -0.15) is 0 Å². The summed E-state index contributed by atoms with van der Waals surface area (Å²) in [6.45, 7) is 2.29. The van der Waals surface area contributed by atoms with E-state index in [-0.39, 0.29) is 0 Å². The van der Waals surface area contributed by atoms with Crippen LogP contribution >= 0.6 is 0 Å². The topological polar surface area (TPSA) is 11.3 Å². The molecule has 1 unspecified atom stereocenters. The van der Waals surface area contributed by atoms with Gasteiger partial charge in [-0.1, -0.05) is 89.7 Å². The van der Waals surface area contributed by atoms with Crippen molar-refractivity contribution in [3.05, 3.63) is 41.7 Å². The first-order valence-electron chi connectivity index (χ1n) is 11.2. The predicted molar refractivity (Wildman–Crippen MR) is 113 cm³/mol. The van der Waals surface area contributed by atoms with Gasteiger partial charge in [-0.3, -0.25) is 0 Å². The van der Waals surface area contributed by atoms with E-state index in [0.29, 0.717) is 0 Å². The molecule has 1 aromatic carbocycles. The summed E-state index contributed by atoms with van der Waals surface area (Å²) in [6.07, 6.45) is 19.4. The van der Waals surface area contributed by atoms with E-state index in [2.05, 4.69) is 37.3 Å². The molecule has 0 fully saturated rings. The monoisotopic (exact) mass is 353 g/mol. The standard InChI is InChI=1S/C25H37O/c1-2-3-4-5-6-7-8-9-10-11-14-21-17-18-25-23(19-21)20-22-15-12-13-16-24(22)26-25/h12-13,15-16,20-21H,2-11,14,17-19H2,1H3/q+1. The fourth-order valence-corrected chi connectivity index (χ4v) is 4.46. The maximum absolute atomic E-state index is 6.14. The average Bonchev–Trinajstić information content (AvgIpc) is 2.67. The van der Waals surface area contributed by atoms with Crippen LogP contribution < -0.4 is 0 Å². The van der Waals surface area contributed by atoms with Gasteiger partial charge in [0.2, 0.25) is 0 Å². The highest BCUT2D eigenvalue weighted by molar-refractivity contribution is 5.77. The largest absolute Gasteiger partial charge is 0.360 e. The number of aryl methyl sites for hydroxylation is 1. The lowest BCUT2D eigenvalue weighted by Gasteiger charge is -2.19. The van der Waals surface area contributed by atoms with Crippen molar-refractivity contribution in [2.75, 3.05) is 0 Å². The van der Waals surface area contributed by atoms with Crippen molar-refractivity contribution >= 4 is 11.0 Å². The summed E-state index contributed by atoms with van der Waals surface area (Å²) >= 11 is 0. The van der Waals surface area contributed by atoms with Gasteiger partial charge in [-0.05, 0) is 30.9 Å². The Bertz CT molecular complexity index is 660. The van der Waals surface area contributed by atoms with Crippen molar-refractivity contribution < 1.29 is 4.42 Å². The molecule has 1 nitrogen and oxygen atoms in total. The second-order valence-corrected chi connectivity index (χ2v) is 8.31. The van der Waals surface area contributed by atoms with Gasteiger partial charge in [-0.25, -0.2) is 4.42 Å².